The highest BCUT2D eigenvalue weighted by atomic mass is 35.5. The summed E-state index contributed by atoms with van der Waals surface area (Å²) in [5.74, 6) is 5.81. The lowest BCUT2D eigenvalue weighted by molar-refractivity contribution is 0.0320. The maximum Gasteiger partial charge on any atom is 0.242 e. The molecule has 12 aromatic rings. The zero-order chi connectivity index (χ0) is 74.2. The fourth-order valence-corrected chi connectivity index (χ4v) is 14.4. The van der Waals surface area contributed by atoms with Gasteiger partial charge in [-0.1, -0.05) is 42.3 Å². The van der Waals surface area contributed by atoms with Crippen molar-refractivity contribution in [3.8, 4) is 23.5 Å². The molecule has 0 atom stereocenters. The Hall–Kier alpha value is -11.4. The van der Waals surface area contributed by atoms with E-state index in [4.69, 9.17) is 40.0 Å². The van der Waals surface area contributed by atoms with E-state index in [1.807, 2.05) is 126 Å². The van der Waals surface area contributed by atoms with Crippen LogP contribution in [-0.2, 0) is 63.8 Å². The molecule has 0 unspecified atom stereocenters. The summed E-state index contributed by atoms with van der Waals surface area (Å²) in [5, 5.41) is 36.1. The minimum atomic E-state index is 0.325. The molecule has 560 valence electrons. The number of nitrogens with one attached hydrogen (secondary N) is 4. The Labute approximate surface area is 635 Å². The monoisotopic (exact) mass is 1490 g/mol. The first-order valence-corrected chi connectivity index (χ1v) is 37.5. The highest BCUT2D eigenvalue weighted by molar-refractivity contribution is 6.36. The highest BCUT2D eigenvalue weighted by Crippen LogP contribution is 2.37. The summed E-state index contributed by atoms with van der Waals surface area (Å²) in [6.07, 6.45) is 14.9. The van der Waals surface area contributed by atoms with Gasteiger partial charge in [-0.05, 0) is 136 Å². The number of aryl methyl sites for hydroxylation is 4. The van der Waals surface area contributed by atoms with Gasteiger partial charge in [-0.15, -0.1) is 20.4 Å². The predicted octanol–water partition coefficient (Wildman–Crippen LogP) is 11.5. The first-order valence-electron chi connectivity index (χ1n) is 37.2. The quantitative estimate of drug-likeness (QED) is 0.0581. The van der Waals surface area contributed by atoms with Gasteiger partial charge in [-0.2, -0.15) is 0 Å². The van der Waals surface area contributed by atoms with Crippen molar-refractivity contribution < 1.29 is 28.4 Å². The van der Waals surface area contributed by atoms with E-state index in [1.54, 1.807) is 31.9 Å². The van der Waals surface area contributed by atoms with Crippen LogP contribution < -0.4 is 40.2 Å². The van der Waals surface area contributed by atoms with E-state index in [9.17, 15) is 0 Å². The molecule has 4 N–H and O–H groups in total. The molecule has 109 heavy (non-hydrogen) atoms. The molecule has 2 saturated heterocycles. The smallest absolute Gasteiger partial charge is 0.242 e. The van der Waals surface area contributed by atoms with Crippen LogP contribution in [-0.4, -0.2) is 184 Å². The van der Waals surface area contributed by atoms with Crippen LogP contribution in [0.4, 0.5) is 22.7 Å². The third kappa shape index (κ3) is 16.2. The second-order valence-electron chi connectivity index (χ2n) is 27.5. The van der Waals surface area contributed by atoms with Gasteiger partial charge in [0.15, 0.2) is 23.3 Å². The van der Waals surface area contributed by atoms with Crippen LogP contribution in [0.15, 0.2) is 160 Å². The van der Waals surface area contributed by atoms with Crippen molar-refractivity contribution in [2.45, 2.75) is 70.8 Å². The summed E-state index contributed by atoms with van der Waals surface area (Å²) in [6, 6.07) is 38.3. The van der Waals surface area contributed by atoms with Crippen LogP contribution in [0.3, 0.4) is 0 Å². The van der Waals surface area contributed by atoms with Crippen LogP contribution in [0.25, 0.3) is 43.6 Å². The number of hydrogen-bond acceptors (Lipinski definition) is 24. The lowest BCUT2D eigenvalue weighted by atomic mass is 9.96. The maximum absolute atomic E-state index is 6.65. The predicted molar refractivity (Wildman–Crippen MR) is 424 cm³/mol. The standard InChI is InChI=1S/C22H25ClN6O.C21H24N6O2.C19H19N5O.C18H19N5O2/c1-28-18-13-16(26-21-20-15(14-25-21)6-5-7-24-20)12-17(23)19(18)22(27-28)30-11-10-29-8-3-2-4-9-29;1-26-18-13-16(24-20-19-15(14-23-20)3-2-6-22-19)4-5-17(18)21(25-26)29-12-9-27-7-10-28-11-8-27;1-24-16-10-13(22-18-17-12(11-21-18)4-3-9-20-17)7-8-15(16)19(23-24)25-14-5-2-6-14;1-23-15-10-13(5-6-14(15)18(22-23)25-9-8-24-2)21-17-16-12(11-20-17)4-3-7-19-16/h5-7,12-13H,2-4,8-11,14H2,1H3,(H,25,26);2-6,13H,7-12,14H2,1H3,(H,23,24);3-4,7-10,14H,2,5-6,11H2,1H3,(H,21,22);3-7,10H,8-9,11H2,1-2H3,(H,20,21). The fraction of sp³-hybridized carbons (Fsp3) is 0.350. The Kier molecular flexibility index (Phi) is 21.7. The first-order chi connectivity index (χ1) is 53.5. The van der Waals surface area contributed by atoms with Crippen molar-refractivity contribution in [3.05, 3.63) is 190 Å². The number of pyridine rings is 4. The second kappa shape index (κ2) is 33.0. The van der Waals surface area contributed by atoms with E-state index in [0.29, 0.717) is 81.4 Å². The largest absolute Gasteiger partial charge is 0.475 e. The molecule has 1 saturated carbocycles. The summed E-state index contributed by atoms with van der Waals surface area (Å²) in [4.78, 5) is 40.8. The van der Waals surface area contributed by atoms with Crippen LogP contribution in [0.5, 0.6) is 23.5 Å². The zero-order valence-corrected chi connectivity index (χ0v) is 62.5. The summed E-state index contributed by atoms with van der Waals surface area (Å²) in [5.41, 5.74) is 15.9. The molecule has 29 heteroatoms. The Morgan fingerprint density at radius 1 is 0.422 bits per heavy atom. The van der Waals surface area contributed by atoms with Gasteiger partial charge in [0.05, 0.1) is 94.6 Å². The lowest BCUT2D eigenvalue weighted by Crippen LogP contribution is -2.38. The molecule has 0 amide bonds. The molecule has 4 aromatic carbocycles. The lowest BCUT2D eigenvalue weighted by Gasteiger charge is -2.26. The fourth-order valence-electron chi connectivity index (χ4n) is 14.1. The molecule has 0 bridgehead atoms. The molecule has 14 heterocycles. The van der Waals surface area contributed by atoms with Gasteiger partial charge in [0.2, 0.25) is 23.5 Å². The molecule has 19 rings (SSSR count). The molecule has 6 aliphatic heterocycles. The molecule has 7 aliphatic rings. The van der Waals surface area contributed by atoms with Gasteiger partial charge in [0.1, 0.15) is 48.7 Å². The van der Waals surface area contributed by atoms with Gasteiger partial charge in [0.25, 0.3) is 0 Å². The average molecular weight is 1490 g/mol. The SMILES string of the molecule is COCCOc1nn(C)c2cc(NC3=NCc4cccnc43)ccc12.Cn1nc(OC2CCC2)c2ccc(NC3=NCc4cccnc43)cc21.Cn1nc(OCCN2CCCCC2)c2c(Cl)cc(NC3=NCc4cccnc43)cc21.Cn1nc(OCCN2CCOCC2)c2ccc(NC3=NCc4cccnc43)cc21. The van der Waals surface area contributed by atoms with Gasteiger partial charge in [0, 0.05) is 131 Å². The van der Waals surface area contributed by atoms with Gasteiger partial charge in [-0.25, -0.2) is 0 Å². The number of hydrogen-bond donors (Lipinski definition) is 4. The van der Waals surface area contributed by atoms with Crippen molar-refractivity contribution in [1.82, 2.24) is 68.9 Å². The van der Waals surface area contributed by atoms with Crippen molar-refractivity contribution in [3.63, 3.8) is 0 Å². The number of morpholine rings is 1. The van der Waals surface area contributed by atoms with Crippen molar-refractivity contribution in [2.75, 3.05) is 107 Å². The number of methoxy groups -OCH3 is 1. The Bertz CT molecular complexity index is 5420. The van der Waals surface area contributed by atoms with E-state index in [2.05, 4.69) is 128 Å². The highest BCUT2D eigenvalue weighted by Gasteiger charge is 2.26. The summed E-state index contributed by atoms with van der Waals surface area (Å²) in [6.45, 7) is 12.5. The second-order valence-corrected chi connectivity index (χ2v) is 27.9. The Morgan fingerprint density at radius 3 is 1.27 bits per heavy atom. The molecular weight excluding hydrogens is 1400 g/mol. The van der Waals surface area contributed by atoms with Crippen LogP contribution in [0, 0.1) is 0 Å². The Balaban J connectivity index is 0.000000111. The molecule has 3 fully saturated rings. The molecule has 28 nitrogen and oxygen atoms in total. The summed E-state index contributed by atoms with van der Waals surface area (Å²) >= 11 is 6.65. The number of ether oxygens (including phenoxy) is 6. The maximum atomic E-state index is 6.65. The minimum absolute atomic E-state index is 0.325. The molecule has 0 radical (unpaired) electrons. The number of amidine groups is 4. The number of nitrogens with zero attached hydrogens (tertiary/aromatic N) is 18. The number of anilines is 4. The van der Waals surface area contributed by atoms with E-state index in [-0.39, 0.29) is 0 Å². The van der Waals surface area contributed by atoms with Crippen molar-refractivity contribution in [2.24, 2.45) is 48.2 Å². The minimum Gasteiger partial charge on any atom is -0.475 e. The summed E-state index contributed by atoms with van der Waals surface area (Å²) < 4.78 is 41.5. The van der Waals surface area contributed by atoms with Crippen LogP contribution >= 0.6 is 11.6 Å². The first kappa shape index (κ1) is 71.8. The molecule has 0 spiro atoms. The van der Waals surface area contributed by atoms with Crippen molar-refractivity contribution >= 4 is 101 Å². The number of aromatic nitrogens is 12. The number of aliphatic imine (C=N–C) groups is 4. The number of rotatable bonds is 18. The van der Waals surface area contributed by atoms with Crippen molar-refractivity contribution in [1.29, 1.82) is 0 Å². The van der Waals surface area contributed by atoms with E-state index >= 15 is 0 Å². The van der Waals surface area contributed by atoms with E-state index in [1.165, 1.54) is 25.7 Å². The van der Waals surface area contributed by atoms with Crippen LogP contribution in [0.1, 0.15) is 83.6 Å². The third-order valence-electron chi connectivity index (χ3n) is 20.2. The summed E-state index contributed by atoms with van der Waals surface area (Å²) in [7, 11) is 9.34. The van der Waals surface area contributed by atoms with Crippen LogP contribution in [0.2, 0.25) is 5.02 Å². The van der Waals surface area contributed by atoms with Gasteiger partial charge < -0.3 is 49.7 Å². The van der Waals surface area contributed by atoms with E-state index < -0.39 is 0 Å². The number of likely N-dealkylation sites (tertiary alicyclic amines) is 1. The number of halogens is 1. The molecule has 1 aliphatic carbocycles. The number of piperidine rings is 1. The topological polar surface area (TPSA) is 282 Å². The third-order valence-corrected chi connectivity index (χ3v) is 20.5. The molecule has 8 aromatic heterocycles. The molecular formula is C80H87ClN22O6. The number of benzene rings is 4. The van der Waals surface area contributed by atoms with Gasteiger partial charge >= 0.3 is 0 Å². The van der Waals surface area contributed by atoms with Gasteiger partial charge in [-0.3, -0.25) is 68.4 Å². The normalized spacial score (nSPS) is 15.7. The Morgan fingerprint density at radius 2 is 0.817 bits per heavy atom. The van der Waals surface area contributed by atoms with E-state index in [0.717, 1.165) is 206 Å². The number of fused-ring (bicyclic) bond motifs is 8. The zero-order valence-electron chi connectivity index (χ0n) is 61.8. The average Bonchev–Trinajstić information content (AvgIpc) is 1.65.